The molecule has 2 aliphatic rings. The fourth-order valence-corrected chi connectivity index (χ4v) is 5.12. The van der Waals surface area contributed by atoms with E-state index < -0.39 is 0 Å². The van der Waals surface area contributed by atoms with Crippen LogP contribution in [0.2, 0.25) is 0 Å². The van der Waals surface area contributed by atoms with Crippen LogP contribution in [-0.2, 0) is 13.1 Å². The summed E-state index contributed by atoms with van der Waals surface area (Å²) in [5.41, 5.74) is 3.34. The highest BCUT2D eigenvalue weighted by Gasteiger charge is 2.30. The number of hydrogen-bond donors (Lipinski definition) is 1. The lowest BCUT2D eigenvalue weighted by molar-refractivity contribution is 0.0660. The number of aromatic nitrogens is 1. The molecule has 2 aromatic rings. The number of rotatable bonds is 6. The van der Waals surface area contributed by atoms with Gasteiger partial charge in [0, 0.05) is 25.3 Å². The first kappa shape index (κ1) is 21.8. The molecular weight excluding hydrogens is 386 g/mol. The molecule has 1 unspecified atom stereocenters. The summed E-state index contributed by atoms with van der Waals surface area (Å²) in [6, 6.07) is 10.4. The Morgan fingerprint density at radius 3 is 2.55 bits per heavy atom. The Kier molecular flexibility index (Phi) is 6.91. The molecule has 1 aromatic carbocycles. The zero-order valence-electron chi connectivity index (χ0n) is 18.9. The summed E-state index contributed by atoms with van der Waals surface area (Å²) in [7, 11) is 0. The van der Waals surface area contributed by atoms with E-state index >= 15 is 0 Å². The van der Waals surface area contributed by atoms with Gasteiger partial charge in [-0.15, -0.1) is 0 Å². The van der Waals surface area contributed by atoms with Crippen LogP contribution in [0.25, 0.3) is 0 Å². The molecule has 1 saturated carbocycles. The van der Waals surface area contributed by atoms with Crippen molar-refractivity contribution in [3.8, 4) is 0 Å². The van der Waals surface area contributed by atoms with Gasteiger partial charge in [-0.25, -0.2) is 0 Å². The normalized spacial score (nSPS) is 19.5. The minimum Gasteiger partial charge on any atom is -0.331 e. The summed E-state index contributed by atoms with van der Waals surface area (Å²) >= 11 is 0. The standard InChI is InChI=1S/C26H35N3O2/c1-19-8-3-4-10-22(19)18-29(23-11-5-6-12-23)26(31)24-20(2)13-15-28(25(24)30)17-21-9-7-14-27-16-21/h3-4,8,10,13,15,21,23,27H,5-7,9,11-12,14,16-18H2,1-2H3. The molecule has 2 fully saturated rings. The highest BCUT2D eigenvalue weighted by Crippen LogP contribution is 2.27. The molecule has 1 aliphatic carbocycles. The summed E-state index contributed by atoms with van der Waals surface area (Å²) in [6.07, 6.45) is 8.46. The van der Waals surface area contributed by atoms with Crippen LogP contribution >= 0.6 is 0 Å². The van der Waals surface area contributed by atoms with Crippen LogP contribution in [0.5, 0.6) is 0 Å². The molecule has 1 atom stereocenters. The summed E-state index contributed by atoms with van der Waals surface area (Å²) in [6.45, 7) is 7.21. The van der Waals surface area contributed by atoms with E-state index in [1.807, 2.05) is 36.2 Å². The van der Waals surface area contributed by atoms with Gasteiger partial charge >= 0.3 is 0 Å². The maximum Gasteiger partial charge on any atom is 0.263 e. The Balaban J connectivity index is 1.65. The number of nitrogens with one attached hydrogen (secondary N) is 1. The van der Waals surface area contributed by atoms with Crippen LogP contribution in [0.3, 0.4) is 0 Å². The SMILES string of the molecule is Cc1ccccc1CN(C(=O)c1c(C)ccn(CC2CCCNC2)c1=O)C1CCCC1. The molecule has 1 aromatic heterocycles. The maximum atomic E-state index is 13.8. The minimum absolute atomic E-state index is 0.103. The van der Waals surface area contributed by atoms with Gasteiger partial charge in [-0.3, -0.25) is 9.59 Å². The van der Waals surface area contributed by atoms with Gasteiger partial charge in [0.25, 0.3) is 11.5 Å². The quantitative estimate of drug-likeness (QED) is 0.766. The molecule has 5 heteroatoms. The molecule has 1 amide bonds. The van der Waals surface area contributed by atoms with Crippen LogP contribution in [0.15, 0.2) is 41.3 Å². The number of hydrogen-bond acceptors (Lipinski definition) is 3. The lowest BCUT2D eigenvalue weighted by atomic mass is 9.99. The number of carbonyl (C=O) groups excluding carboxylic acids is 1. The van der Waals surface area contributed by atoms with Gasteiger partial charge in [0.15, 0.2) is 0 Å². The van der Waals surface area contributed by atoms with E-state index in [0.717, 1.165) is 62.7 Å². The molecule has 1 N–H and O–H groups in total. The molecule has 4 rings (SSSR count). The summed E-state index contributed by atoms with van der Waals surface area (Å²) in [5, 5.41) is 3.42. The number of nitrogens with zero attached hydrogens (tertiary/aromatic N) is 2. The van der Waals surface area contributed by atoms with Crippen LogP contribution < -0.4 is 10.9 Å². The molecule has 0 radical (unpaired) electrons. The molecule has 2 heterocycles. The van der Waals surface area contributed by atoms with Crippen LogP contribution in [-0.4, -0.2) is 34.5 Å². The van der Waals surface area contributed by atoms with E-state index in [9.17, 15) is 9.59 Å². The van der Waals surface area contributed by atoms with Gasteiger partial charge in [-0.1, -0.05) is 37.1 Å². The zero-order chi connectivity index (χ0) is 21.8. The van der Waals surface area contributed by atoms with Gasteiger partial charge in [0.05, 0.1) is 0 Å². The number of aryl methyl sites for hydroxylation is 2. The Hall–Kier alpha value is -2.40. The second-order valence-electron chi connectivity index (χ2n) is 9.34. The number of carbonyl (C=O) groups is 1. The predicted octanol–water partition coefficient (Wildman–Crippen LogP) is 4.05. The van der Waals surface area contributed by atoms with Crippen molar-refractivity contribution in [1.29, 1.82) is 0 Å². The second-order valence-corrected chi connectivity index (χ2v) is 9.34. The highest BCUT2D eigenvalue weighted by molar-refractivity contribution is 5.95. The first-order valence-electron chi connectivity index (χ1n) is 11.8. The van der Waals surface area contributed by atoms with Crippen molar-refractivity contribution in [3.63, 3.8) is 0 Å². The Bertz CT molecular complexity index is 969. The molecule has 0 spiro atoms. The summed E-state index contributed by atoms with van der Waals surface area (Å²) in [4.78, 5) is 29.3. The minimum atomic E-state index is -0.136. The number of benzene rings is 1. The zero-order valence-corrected chi connectivity index (χ0v) is 18.9. The van der Waals surface area contributed by atoms with Crippen molar-refractivity contribution >= 4 is 5.91 Å². The van der Waals surface area contributed by atoms with Crippen molar-refractivity contribution in [2.45, 2.75) is 71.5 Å². The average Bonchev–Trinajstić information content (AvgIpc) is 3.30. The van der Waals surface area contributed by atoms with Crippen molar-refractivity contribution < 1.29 is 4.79 Å². The van der Waals surface area contributed by atoms with E-state index in [2.05, 4.69) is 24.4 Å². The highest BCUT2D eigenvalue weighted by atomic mass is 16.2. The fraction of sp³-hybridized carbons (Fsp3) is 0.538. The summed E-state index contributed by atoms with van der Waals surface area (Å²) < 4.78 is 1.76. The van der Waals surface area contributed by atoms with E-state index in [1.54, 1.807) is 4.57 Å². The third-order valence-corrected chi connectivity index (χ3v) is 7.07. The number of pyridine rings is 1. The fourth-order valence-electron chi connectivity index (χ4n) is 5.12. The second kappa shape index (κ2) is 9.82. The molecule has 5 nitrogen and oxygen atoms in total. The molecule has 31 heavy (non-hydrogen) atoms. The Morgan fingerprint density at radius 1 is 1.06 bits per heavy atom. The van der Waals surface area contributed by atoms with E-state index in [1.165, 1.54) is 5.56 Å². The largest absolute Gasteiger partial charge is 0.331 e. The third-order valence-electron chi connectivity index (χ3n) is 7.07. The van der Waals surface area contributed by atoms with Gasteiger partial charge < -0.3 is 14.8 Å². The monoisotopic (exact) mass is 421 g/mol. The van der Waals surface area contributed by atoms with E-state index in [0.29, 0.717) is 24.6 Å². The predicted molar refractivity (Wildman–Crippen MR) is 124 cm³/mol. The molecule has 1 aliphatic heterocycles. The van der Waals surface area contributed by atoms with Crippen molar-refractivity contribution in [2.75, 3.05) is 13.1 Å². The van der Waals surface area contributed by atoms with Gasteiger partial charge in [-0.2, -0.15) is 0 Å². The first-order valence-corrected chi connectivity index (χ1v) is 11.8. The smallest absolute Gasteiger partial charge is 0.263 e. The molecule has 1 saturated heterocycles. The van der Waals surface area contributed by atoms with Crippen LogP contribution in [0.1, 0.15) is 65.6 Å². The lowest BCUT2D eigenvalue weighted by Gasteiger charge is -2.30. The molecular formula is C26H35N3O2. The van der Waals surface area contributed by atoms with Crippen molar-refractivity contribution in [3.05, 3.63) is 69.1 Å². The van der Waals surface area contributed by atoms with Gasteiger partial charge in [0.1, 0.15) is 5.56 Å². The van der Waals surface area contributed by atoms with Crippen molar-refractivity contribution in [1.82, 2.24) is 14.8 Å². The third kappa shape index (κ3) is 4.93. The molecule has 166 valence electrons. The van der Waals surface area contributed by atoms with E-state index in [4.69, 9.17) is 0 Å². The van der Waals surface area contributed by atoms with Gasteiger partial charge in [-0.05, 0) is 81.3 Å². The first-order chi connectivity index (χ1) is 15.0. The molecule has 0 bridgehead atoms. The Morgan fingerprint density at radius 2 is 1.84 bits per heavy atom. The topological polar surface area (TPSA) is 54.3 Å². The van der Waals surface area contributed by atoms with E-state index in [-0.39, 0.29) is 17.5 Å². The Labute approximate surface area is 185 Å². The average molecular weight is 422 g/mol. The number of piperidine rings is 1. The summed E-state index contributed by atoms with van der Waals surface area (Å²) in [5.74, 6) is 0.337. The maximum absolute atomic E-state index is 13.8. The van der Waals surface area contributed by atoms with Crippen molar-refractivity contribution in [2.24, 2.45) is 5.92 Å². The number of amides is 1. The van der Waals surface area contributed by atoms with Crippen LogP contribution in [0.4, 0.5) is 0 Å². The lowest BCUT2D eigenvalue weighted by Crippen LogP contribution is -2.43. The van der Waals surface area contributed by atoms with Gasteiger partial charge in [0.2, 0.25) is 0 Å². The van der Waals surface area contributed by atoms with Crippen LogP contribution in [0, 0.1) is 19.8 Å².